The molecule has 2 heterocycles. The highest BCUT2D eigenvalue weighted by molar-refractivity contribution is 6.30. The highest BCUT2D eigenvalue weighted by atomic mass is 35.5. The van der Waals surface area contributed by atoms with E-state index in [1.54, 1.807) is 0 Å². The third-order valence-corrected chi connectivity index (χ3v) is 4.73. The SMILES string of the molecule is CC(c1cc(Cl)ccc1N1CCOCC1)N1CCNCC1. The fourth-order valence-electron chi connectivity index (χ4n) is 3.22. The summed E-state index contributed by atoms with van der Waals surface area (Å²) in [6.45, 7) is 10.2. The van der Waals surface area contributed by atoms with E-state index in [0.717, 1.165) is 57.5 Å². The summed E-state index contributed by atoms with van der Waals surface area (Å²) < 4.78 is 5.48. The number of morpholine rings is 1. The Hall–Kier alpha value is -0.810. The van der Waals surface area contributed by atoms with E-state index in [2.05, 4.69) is 34.2 Å². The number of hydrogen-bond donors (Lipinski definition) is 1. The Labute approximate surface area is 132 Å². The predicted octanol–water partition coefficient (Wildman–Crippen LogP) is 2.14. The summed E-state index contributed by atoms with van der Waals surface area (Å²) in [7, 11) is 0. The molecule has 0 aliphatic carbocycles. The van der Waals surface area contributed by atoms with E-state index in [1.165, 1.54) is 11.3 Å². The maximum Gasteiger partial charge on any atom is 0.0642 e. The second-order valence-electron chi connectivity index (χ2n) is 5.76. The molecule has 1 aromatic rings. The highest BCUT2D eigenvalue weighted by Gasteiger charge is 2.23. The molecule has 2 aliphatic rings. The monoisotopic (exact) mass is 309 g/mol. The lowest BCUT2D eigenvalue weighted by Crippen LogP contribution is -2.45. The van der Waals surface area contributed by atoms with Crippen LogP contribution in [0.15, 0.2) is 18.2 Å². The first-order chi connectivity index (χ1) is 10.3. The van der Waals surface area contributed by atoms with Crippen molar-refractivity contribution in [1.82, 2.24) is 10.2 Å². The smallest absolute Gasteiger partial charge is 0.0642 e. The molecule has 0 radical (unpaired) electrons. The number of nitrogens with zero attached hydrogens (tertiary/aromatic N) is 2. The van der Waals surface area contributed by atoms with Gasteiger partial charge in [0, 0.05) is 56.0 Å². The van der Waals surface area contributed by atoms with Crippen LogP contribution in [0, 0.1) is 0 Å². The van der Waals surface area contributed by atoms with Crippen molar-refractivity contribution in [2.75, 3.05) is 57.4 Å². The Morgan fingerprint density at radius 1 is 1.14 bits per heavy atom. The Morgan fingerprint density at radius 3 is 2.57 bits per heavy atom. The number of halogens is 1. The van der Waals surface area contributed by atoms with Gasteiger partial charge in [-0.05, 0) is 30.7 Å². The topological polar surface area (TPSA) is 27.7 Å². The van der Waals surface area contributed by atoms with Gasteiger partial charge in [0.25, 0.3) is 0 Å². The zero-order valence-electron chi connectivity index (χ0n) is 12.6. The molecule has 1 aromatic carbocycles. The zero-order chi connectivity index (χ0) is 14.7. The van der Waals surface area contributed by atoms with Crippen LogP contribution in [0.5, 0.6) is 0 Å². The van der Waals surface area contributed by atoms with Gasteiger partial charge < -0.3 is 15.0 Å². The van der Waals surface area contributed by atoms with Crippen LogP contribution in [0.1, 0.15) is 18.5 Å². The molecular formula is C16H24ClN3O. The molecule has 2 aliphatic heterocycles. The van der Waals surface area contributed by atoms with Gasteiger partial charge in [0.2, 0.25) is 0 Å². The van der Waals surface area contributed by atoms with Crippen LogP contribution in [-0.2, 0) is 4.74 Å². The second-order valence-corrected chi connectivity index (χ2v) is 6.20. The molecule has 0 bridgehead atoms. The number of nitrogens with one attached hydrogen (secondary N) is 1. The molecule has 1 N–H and O–H groups in total. The van der Waals surface area contributed by atoms with Crippen molar-refractivity contribution in [3.8, 4) is 0 Å². The van der Waals surface area contributed by atoms with E-state index < -0.39 is 0 Å². The van der Waals surface area contributed by atoms with Gasteiger partial charge in [-0.2, -0.15) is 0 Å². The Kier molecular flexibility index (Phi) is 5.01. The van der Waals surface area contributed by atoms with Gasteiger partial charge in [-0.3, -0.25) is 4.90 Å². The van der Waals surface area contributed by atoms with Gasteiger partial charge in [0.15, 0.2) is 0 Å². The summed E-state index contributed by atoms with van der Waals surface area (Å²) in [4.78, 5) is 4.96. The number of anilines is 1. The average molecular weight is 310 g/mol. The minimum Gasteiger partial charge on any atom is -0.378 e. The summed E-state index contributed by atoms with van der Waals surface area (Å²) in [6, 6.07) is 6.70. The largest absolute Gasteiger partial charge is 0.378 e. The standard InChI is InChI=1S/C16H24ClN3O/c1-13(19-6-4-18-5-7-19)15-12-14(17)2-3-16(15)20-8-10-21-11-9-20/h2-3,12-13,18H,4-11H2,1H3. The molecule has 2 saturated heterocycles. The summed E-state index contributed by atoms with van der Waals surface area (Å²) in [6.07, 6.45) is 0. The van der Waals surface area contributed by atoms with E-state index in [4.69, 9.17) is 16.3 Å². The summed E-state index contributed by atoms with van der Waals surface area (Å²) >= 11 is 6.26. The van der Waals surface area contributed by atoms with E-state index in [9.17, 15) is 0 Å². The van der Waals surface area contributed by atoms with Crippen LogP contribution in [-0.4, -0.2) is 57.4 Å². The molecule has 0 spiro atoms. The third-order valence-electron chi connectivity index (χ3n) is 4.49. The lowest BCUT2D eigenvalue weighted by Gasteiger charge is -2.37. The minimum absolute atomic E-state index is 0.392. The summed E-state index contributed by atoms with van der Waals surface area (Å²) in [5.41, 5.74) is 2.65. The van der Waals surface area contributed by atoms with Crippen molar-refractivity contribution in [3.63, 3.8) is 0 Å². The molecule has 1 atom stereocenters. The van der Waals surface area contributed by atoms with Crippen molar-refractivity contribution in [1.29, 1.82) is 0 Å². The average Bonchev–Trinajstić information content (AvgIpc) is 2.56. The number of piperazine rings is 1. The maximum atomic E-state index is 6.26. The fourth-order valence-corrected chi connectivity index (χ4v) is 3.40. The van der Waals surface area contributed by atoms with E-state index in [0.29, 0.717) is 6.04 Å². The van der Waals surface area contributed by atoms with Crippen LogP contribution in [0.2, 0.25) is 5.02 Å². The first kappa shape index (κ1) is 15.1. The van der Waals surface area contributed by atoms with E-state index in [-0.39, 0.29) is 0 Å². The quantitative estimate of drug-likeness (QED) is 0.926. The van der Waals surface area contributed by atoms with Gasteiger partial charge in [-0.15, -0.1) is 0 Å². The van der Waals surface area contributed by atoms with Crippen molar-refractivity contribution in [2.45, 2.75) is 13.0 Å². The predicted molar refractivity (Wildman–Crippen MR) is 87.3 cm³/mol. The second kappa shape index (κ2) is 6.97. The molecule has 2 fully saturated rings. The van der Waals surface area contributed by atoms with Crippen molar-refractivity contribution in [3.05, 3.63) is 28.8 Å². The Morgan fingerprint density at radius 2 is 1.86 bits per heavy atom. The summed E-state index contributed by atoms with van der Waals surface area (Å²) in [5.74, 6) is 0. The van der Waals surface area contributed by atoms with Gasteiger partial charge >= 0.3 is 0 Å². The van der Waals surface area contributed by atoms with E-state index >= 15 is 0 Å². The van der Waals surface area contributed by atoms with Crippen LogP contribution in [0.4, 0.5) is 5.69 Å². The van der Waals surface area contributed by atoms with Crippen LogP contribution >= 0.6 is 11.6 Å². The third kappa shape index (κ3) is 3.51. The molecule has 0 aromatic heterocycles. The molecule has 0 amide bonds. The lowest BCUT2D eigenvalue weighted by molar-refractivity contribution is 0.122. The zero-order valence-corrected chi connectivity index (χ0v) is 13.4. The van der Waals surface area contributed by atoms with Gasteiger partial charge in [-0.25, -0.2) is 0 Å². The number of benzene rings is 1. The molecule has 0 saturated carbocycles. The first-order valence-electron chi connectivity index (χ1n) is 7.82. The Balaban J connectivity index is 1.86. The van der Waals surface area contributed by atoms with E-state index in [1.807, 2.05) is 6.07 Å². The lowest BCUT2D eigenvalue weighted by atomic mass is 10.0. The van der Waals surface area contributed by atoms with Crippen LogP contribution < -0.4 is 10.2 Å². The number of ether oxygens (including phenoxy) is 1. The number of hydrogen-bond acceptors (Lipinski definition) is 4. The normalized spacial score (nSPS) is 22.3. The van der Waals surface area contributed by atoms with Crippen molar-refractivity contribution >= 4 is 17.3 Å². The maximum absolute atomic E-state index is 6.26. The fraction of sp³-hybridized carbons (Fsp3) is 0.625. The summed E-state index contributed by atoms with van der Waals surface area (Å²) in [5, 5.41) is 4.24. The van der Waals surface area contributed by atoms with Crippen LogP contribution in [0.3, 0.4) is 0 Å². The minimum atomic E-state index is 0.392. The number of rotatable bonds is 3. The molecule has 1 unspecified atom stereocenters. The Bertz CT molecular complexity index is 471. The van der Waals surface area contributed by atoms with Crippen molar-refractivity contribution in [2.24, 2.45) is 0 Å². The molecular weight excluding hydrogens is 286 g/mol. The molecule has 5 heteroatoms. The molecule has 21 heavy (non-hydrogen) atoms. The highest BCUT2D eigenvalue weighted by Crippen LogP contribution is 2.33. The molecule has 4 nitrogen and oxygen atoms in total. The molecule has 116 valence electrons. The first-order valence-corrected chi connectivity index (χ1v) is 8.20. The van der Waals surface area contributed by atoms with Crippen LogP contribution in [0.25, 0.3) is 0 Å². The van der Waals surface area contributed by atoms with Crippen molar-refractivity contribution < 1.29 is 4.74 Å². The molecule has 3 rings (SSSR count). The van der Waals surface area contributed by atoms with Gasteiger partial charge in [0.05, 0.1) is 13.2 Å². The van der Waals surface area contributed by atoms with Gasteiger partial charge in [-0.1, -0.05) is 11.6 Å². The van der Waals surface area contributed by atoms with Gasteiger partial charge in [0.1, 0.15) is 0 Å².